The molecule has 2 aliphatic rings. The Hall–Kier alpha value is -1.59. The Bertz CT molecular complexity index is 475. The molecule has 0 spiro atoms. The Labute approximate surface area is 144 Å². The van der Waals surface area contributed by atoms with Crippen molar-refractivity contribution in [3.8, 4) is 0 Å². The smallest absolute Gasteiger partial charge is 0.306 e. The first-order valence-electron chi connectivity index (χ1n) is 9.09. The van der Waals surface area contributed by atoms with E-state index in [1.54, 1.807) is 4.90 Å². The van der Waals surface area contributed by atoms with Crippen LogP contribution in [-0.2, 0) is 14.4 Å². The van der Waals surface area contributed by atoms with Crippen LogP contribution in [0.3, 0.4) is 0 Å². The standard InChI is InChI=1S/C18H30N2O4/c1-12(2)19(3)16(21)14-8-10-20(11-9-14)17(22)13-4-6-15(7-5-13)18(23)24/h12-15H,4-11H2,1-3H3,(H,23,24). The first-order chi connectivity index (χ1) is 11.3. The summed E-state index contributed by atoms with van der Waals surface area (Å²) in [5.74, 6) is -0.713. The van der Waals surface area contributed by atoms with E-state index in [9.17, 15) is 14.4 Å². The second-order valence-electron chi connectivity index (χ2n) is 7.53. The summed E-state index contributed by atoms with van der Waals surface area (Å²) in [6, 6.07) is 0.196. The van der Waals surface area contributed by atoms with E-state index in [0.717, 1.165) is 12.8 Å². The quantitative estimate of drug-likeness (QED) is 0.850. The SMILES string of the molecule is CC(C)N(C)C(=O)C1CCN(C(=O)C2CCC(C(=O)O)CC2)CC1. The number of hydrogen-bond acceptors (Lipinski definition) is 3. The van der Waals surface area contributed by atoms with Crippen LogP contribution in [0.4, 0.5) is 0 Å². The van der Waals surface area contributed by atoms with E-state index in [1.165, 1.54) is 0 Å². The second kappa shape index (κ2) is 7.99. The van der Waals surface area contributed by atoms with Gasteiger partial charge in [0.25, 0.3) is 0 Å². The molecule has 0 unspecified atom stereocenters. The van der Waals surface area contributed by atoms with Gasteiger partial charge in [-0.15, -0.1) is 0 Å². The molecule has 0 aromatic rings. The van der Waals surface area contributed by atoms with Gasteiger partial charge in [0.2, 0.25) is 11.8 Å². The molecule has 0 aromatic carbocycles. The lowest BCUT2D eigenvalue weighted by Gasteiger charge is -2.37. The highest BCUT2D eigenvalue weighted by molar-refractivity contribution is 5.81. The van der Waals surface area contributed by atoms with E-state index in [0.29, 0.717) is 38.8 Å². The van der Waals surface area contributed by atoms with Crippen molar-refractivity contribution in [2.45, 2.75) is 58.4 Å². The highest BCUT2D eigenvalue weighted by Crippen LogP contribution is 2.31. The maximum Gasteiger partial charge on any atom is 0.306 e. The fourth-order valence-electron chi connectivity index (χ4n) is 3.73. The molecule has 1 aliphatic carbocycles. The van der Waals surface area contributed by atoms with Crippen molar-refractivity contribution in [1.82, 2.24) is 9.80 Å². The third kappa shape index (κ3) is 4.28. The Morgan fingerprint density at radius 2 is 1.42 bits per heavy atom. The number of aliphatic carboxylic acids is 1. The van der Waals surface area contributed by atoms with Crippen LogP contribution in [0.1, 0.15) is 52.4 Å². The average molecular weight is 338 g/mol. The van der Waals surface area contributed by atoms with E-state index in [4.69, 9.17) is 5.11 Å². The van der Waals surface area contributed by atoms with Crippen molar-refractivity contribution in [2.75, 3.05) is 20.1 Å². The Morgan fingerprint density at radius 3 is 1.88 bits per heavy atom. The van der Waals surface area contributed by atoms with Crippen molar-refractivity contribution in [3.05, 3.63) is 0 Å². The van der Waals surface area contributed by atoms with Crippen molar-refractivity contribution >= 4 is 17.8 Å². The number of carbonyl (C=O) groups is 3. The normalized spacial score (nSPS) is 25.6. The van der Waals surface area contributed by atoms with Gasteiger partial charge in [-0.3, -0.25) is 14.4 Å². The minimum atomic E-state index is -0.741. The van der Waals surface area contributed by atoms with Gasteiger partial charge in [0, 0.05) is 38.0 Å². The summed E-state index contributed by atoms with van der Waals surface area (Å²) in [5.41, 5.74) is 0. The molecule has 6 nitrogen and oxygen atoms in total. The number of nitrogens with zero attached hydrogens (tertiary/aromatic N) is 2. The van der Waals surface area contributed by atoms with Gasteiger partial charge in [-0.1, -0.05) is 0 Å². The first-order valence-corrected chi connectivity index (χ1v) is 9.09. The van der Waals surface area contributed by atoms with Gasteiger partial charge in [0.15, 0.2) is 0 Å². The van der Waals surface area contributed by atoms with Crippen molar-refractivity contribution in [2.24, 2.45) is 17.8 Å². The average Bonchev–Trinajstić information content (AvgIpc) is 2.60. The highest BCUT2D eigenvalue weighted by Gasteiger charge is 2.35. The zero-order valence-electron chi connectivity index (χ0n) is 15.0. The molecular weight excluding hydrogens is 308 g/mol. The van der Waals surface area contributed by atoms with Gasteiger partial charge in [-0.2, -0.15) is 0 Å². The topological polar surface area (TPSA) is 77.9 Å². The minimum Gasteiger partial charge on any atom is -0.481 e. The molecule has 1 saturated carbocycles. The largest absolute Gasteiger partial charge is 0.481 e. The van der Waals surface area contributed by atoms with Gasteiger partial charge in [-0.05, 0) is 52.4 Å². The Kier molecular flexibility index (Phi) is 6.24. The third-order valence-corrected chi connectivity index (χ3v) is 5.70. The van der Waals surface area contributed by atoms with Gasteiger partial charge in [-0.25, -0.2) is 0 Å². The van der Waals surface area contributed by atoms with E-state index in [1.807, 2.05) is 25.8 Å². The summed E-state index contributed by atoms with van der Waals surface area (Å²) in [6.45, 7) is 5.29. The number of likely N-dealkylation sites (tertiary alicyclic amines) is 1. The van der Waals surface area contributed by atoms with Crippen molar-refractivity contribution < 1.29 is 19.5 Å². The number of amides is 2. The maximum absolute atomic E-state index is 12.6. The van der Waals surface area contributed by atoms with E-state index in [-0.39, 0.29) is 35.6 Å². The second-order valence-corrected chi connectivity index (χ2v) is 7.53. The molecule has 1 saturated heterocycles. The number of carbonyl (C=O) groups excluding carboxylic acids is 2. The molecule has 0 atom stereocenters. The summed E-state index contributed by atoms with van der Waals surface area (Å²) in [7, 11) is 1.84. The lowest BCUT2D eigenvalue weighted by Crippen LogP contribution is -2.47. The number of hydrogen-bond donors (Lipinski definition) is 1. The Balaban J connectivity index is 1.81. The number of carboxylic acid groups (broad SMARTS) is 1. The summed E-state index contributed by atoms with van der Waals surface area (Å²) in [5, 5.41) is 9.05. The summed E-state index contributed by atoms with van der Waals surface area (Å²) in [6.07, 6.45) is 3.99. The molecule has 0 radical (unpaired) electrons. The van der Waals surface area contributed by atoms with Crippen LogP contribution in [0.2, 0.25) is 0 Å². The molecule has 136 valence electrons. The third-order valence-electron chi connectivity index (χ3n) is 5.70. The van der Waals surface area contributed by atoms with Crippen LogP contribution in [0.5, 0.6) is 0 Å². The molecule has 2 amide bonds. The molecule has 24 heavy (non-hydrogen) atoms. The zero-order chi connectivity index (χ0) is 17.9. The van der Waals surface area contributed by atoms with E-state index in [2.05, 4.69) is 0 Å². The molecule has 1 heterocycles. The van der Waals surface area contributed by atoms with Gasteiger partial charge in [0.1, 0.15) is 0 Å². The highest BCUT2D eigenvalue weighted by atomic mass is 16.4. The minimum absolute atomic E-state index is 0.0178. The van der Waals surface area contributed by atoms with Gasteiger partial charge in [0.05, 0.1) is 5.92 Å². The van der Waals surface area contributed by atoms with Crippen LogP contribution >= 0.6 is 0 Å². The number of rotatable bonds is 4. The maximum atomic E-state index is 12.6. The molecule has 1 N–H and O–H groups in total. The predicted molar refractivity (Wildman–Crippen MR) is 90.3 cm³/mol. The molecule has 0 aromatic heterocycles. The van der Waals surface area contributed by atoms with Crippen LogP contribution < -0.4 is 0 Å². The molecule has 1 aliphatic heterocycles. The van der Waals surface area contributed by atoms with Crippen LogP contribution in [-0.4, -0.2) is 58.9 Å². The fourth-order valence-corrected chi connectivity index (χ4v) is 3.73. The van der Waals surface area contributed by atoms with Gasteiger partial charge < -0.3 is 14.9 Å². The van der Waals surface area contributed by atoms with Crippen molar-refractivity contribution in [3.63, 3.8) is 0 Å². The van der Waals surface area contributed by atoms with Crippen LogP contribution in [0.25, 0.3) is 0 Å². The molecule has 6 heteroatoms. The fraction of sp³-hybridized carbons (Fsp3) is 0.833. The summed E-state index contributed by atoms with van der Waals surface area (Å²) >= 11 is 0. The van der Waals surface area contributed by atoms with Crippen molar-refractivity contribution in [1.29, 1.82) is 0 Å². The Morgan fingerprint density at radius 1 is 0.917 bits per heavy atom. The van der Waals surface area contributed by atoms with Crippen LogP contribution in [0.15, 0.2) is 0 Å². The molecule has 2 fully saturated rings. The monoisotopic (exact) mass is 338 g/mol. The van der Waals surface area contributed by atoms with E-state index >= 15 is 0 Å². The summed E-state index contributed by atoms with van der Waals surface area (Å²) < 4.78 is 0. The molecule has 0 bridgehead atoms. The number of carboxylic acids is 1. The first kappa shape index (κ1) is 18.7. The van der Waals surface area contributed by atoms with E-state index < -0.39 is 5.97 Å². The lowest BCUT2D eigenvalue weighted by atomic mass is 9.81. The summed E-state index contributed by atoms with van der Waals surface area (Å²) in [4.78, 5) is 39.7. The zero-order valence-corrected chi connectivity index (χ0v) is 15.0. The molecular formula is C18H30N2O4. The number of piperidine rings is 1. The van der Waals surface area contributed by atoms with Gasteiger partial charge >= 0.3 is 5.97 Å². The van der Waals surface area contributed by atoms with Crippen LogP contribution in [0, 0.1) is 17.8 Å². The molecule has 2 rings (SSSR count). The lowest BCUT2D eigenvalue weighted by molar-refractivity contribution is -0.146. The predicted octanol–water partition coefficient (Wildman–Crippen LogP) is 1.98.